The molecule has 1 rings (SSSR count). The Hall–Kier alpha value is -0.870. The second kappa shape index (κ2) is 4.10. The van der Waals surface area contributed by atoms with Crippen molar-refractivity contribution in [1.82, 2.24) is 4.98 Å². The molecule has 0 aliphatic carbocycles. The topological polar surface area (TPSA) is 61.3 Å². The van der Waals surface area contributed by atoms with Gasteiger partial charge in [0.25, 0.3) is 0 Å². The van der Waals surface area contributed by atoms with Crippen molar-refractivity contribution in [2.24, 2.45) is 5.73 Å². The minimum atomic E-state index is 0.481. The van der Waals surface area contributed by atoms with E-state index in [1.807, 2.05) is 0 Å². The van der Waals surface area contributed by atoms with E-state index in [0.29, 0.717) is 25.6 Å². The van der Waals surface area contributed by atoms with Crippen molar-refractivity contribution < 1.29 is 9.15 Å². The molecule has 11 heavy (non-hydrogen) atoms. The number of aryl methyl sites for hydroxylation is 1. The summed E-state index contributed by atoms with van der Waals surface area (Å²) in [4.78, 5) is 4.05. The summed E-state index contributed by atoms with van der Waals surface area (Å²) in [7, 11) is 0. The normalized spacial score (nSPS) is 10.4. The number of rotatable bonds is 4. The molecule has 0 fully saturated rings. The lowest BCUT2D eigenvalue weighted by molar-refractivity contribution is 0.125. The maximum Gasteiger partial charge on any atom is 0.191 e. The highest BCUT2D eigenvalue weighted by Crippen LogP contribution is 2.00. The molecule has 0 aliphatic heterocycles. The second-order valence-corrected chi connectivity index (χ2v) is 2.20. The van der Waals surface area contributed by atoms with Crippen molar-refractivity contribution in [2.45, 2.75) is 13.5 Å². The standard InChI is InChI=1S/C7H12N2O2/c1-6-9-7(5-11-6)4-10-3-2-8/h5H,2-4,8H2,1H3. The van der Waals surface area contributed by atoms with Crippen LogP contribution in [0.1, 0.15) is 11.6 Å². The Balaban J connectivity index is 2.27. The van der Waals surface area contributed by atoms with Crippen LogP contribution in [0, 0.1) is 6.92 Å². The van der Waals surface area contributed by atoms with E-state index in [1.165, 1.54) is 0 Å². The molecule has 2 N–H and O–H groups in total. The molecule has 62 valence electrons. The number of oxazole rings is 1. The lowest BCUT2D eigenvalue weighted by atomic mass is 10.5. The van der Waals surface area contributed by atoms with Gasteiger partial charge in [0, 0.05) is 13.5 Å². The van der Waals surface area contributed by atoms with Gasteiger partial charge in [-0.3, -0.25) is 0 Å². The predicted molar refractivity (Wildman–Crippen MR) is 40.0 cm³/mol. The van der Waals surface area contributed by atoms with E-state index in [9.17, 15) is 0 Å². The molecule has 0 radical (unpaired) electrons. The maximum atomic E-state index is 5.23. The lowest BCUT2D eigenvalue weighted by Crippen LogP contribution is -2.08. The number of ether oxygens (including phenoxy) is 1. The summed E-state index contributed by atoms with van der Waals surface area (Å²) in [6.45, 7) is 3.38. The van der Waals surface area contributed by atoms with Crippen LogP contribution in [0.4, 0.5) is 0 Å². The lowest BCUT2D eigenvalue weighted by Gasteiger charge is -1.96. The molecule has 0 unspecified atom stereocenters. The van der Waals surface area contributed by atoms with Crippen LogP contribution in [-0.4, -0.2) is 18.1 Å². The van der Waals surface area contributed by atoms with E-state index >= 15 is 0 Å². The Morgan fingerprint density at radius 1 is 1.73 bits per heavy atom. The Kier molecular flexibility index (Phi) is 3.07. The van der Waals surface area contributed by atoms with Gasteiger partial charge in [-0.15, -0.1) is 0 Å². The first kappa shape index (κ1) is 8.23. The zero-order valence-electron chi connectivity index (χ0n) is 6.54. The first-order chi connectivity index (χ1) is 5.33. The van der Waals surface area contributed by atoms with Crippen molar-refractivity contribution in [3.05, 3.63) is 17.8 Å². The van der Waals surface area contributed by atoms with Crippen LogP contribution < -0.4 is 5.73 Å². The summed E-state index contributed by atoms with van der Waals surface area (Å²) in [5, 5.41) is 0. The largest absolute Gasteiger partial charge is 0.449 e. The zero-order chi connectivity index (χ0) is 8.10. The molecule has 0 saturated carbocycles. The molecule has 0 saturated heterocycles. The van der Waals surface area contributed by atoms with E-state index in [2.05, 4.69) is 4.98 Å². The van der Waals surface area contributed by atoms with E-state index in [4.69, 9.17) is 14.9 Å². The average Bonchev–Trinajstić information content (AvgIpc) is 2.37. The van der Waals surface area contributed by atoms with E-state index in [0.717, 1.165) is 5.69 Å². The summed E-state index contributed by atoms with van der Waals surface area (Å²) in [5.41, 5.74) is 6.04. The number of hydrogen-bond acceptors (Lipinski definition) is 4. The third-order valence-corrected chi connectivity index (χ3v) is 1.18. The summed E-state index contributed by atoms with van der Waals surface area (Å²) in [5.74, 6) is 0.663. The van der Waals surface area contributed by atoms with Crippen LogP contribution in [0.3, 0.4) is 0 Å². The first-order valence-corrected chi connectivity index (χ1v) is 3.51. The molecule has 1 heterocycles. The van der Waals surface area contributed by atoms with E-state index in [-0.39, 0.29) is 0 Å². The highest BCUT2D eigenvalue weighted by molar-refractivity contribution is 4.92. The van der Waals surface area contributed by atoms with Crippen LogP contribution in [-0.2, 0) is 11.3 Å². The Labute approximate surface area is 65.4 Å². The molecule has 4 heteroatoms. The quantitative estimate of drug-likeness (QED) is 0.643. The predicted octanol–water partition coefficient (Wildman–Crippen LogP) is 0.458. The van der Waals surface area contributed by atoms with Gasteiger partial charge < -0.3 is 14.9 Å². The zero-order valence-corrected chi connectivity index (χ0v) is 6.54. The molecule has 0 aliphatic rings. The van der Waals surface area contributed by atoms with Crippen LogP contribution in [0.5, 0.6) is 0 Å². The van der Waals surface area contributed by atoms with Crippen LogP contribution in [0.15, 0.2) is 10.7 Å². The summed E-state index contributed by atoms with van der Waals surface area (Å²) in [6.07, 6.45) is 1.59. The smallest absolute Gasteiger partial charge is 0.191 e. The van der Waals surface area contributed by atoms with Crippen molar-refractivity contribution in [3.8, 4) is 0 Å². The average molecular weight is 156 g/mol. The van der Waals surface area contributed by atoms with Gasteiger partial charge in [0.15, 0.2) is 5.89 Å². The van der Waals surface area contributed by atoms with Gasteiger partial charge in [-0.2, -0.15) is 0 Å². The van der Waals surface area contributed by atoms with Gasteiger partial charge in [0.1, 0.15) is 12.0 Å². The number of nitrogens with zero attached hydrogens (tertiary/aromatic N) is 1. The fraction of sp³-hybridized carbons (Fsp3) is 0.571. The third kappa shape index (κ3) is 2.69. The highest BCUT2D eigenvalue weighted by atomic mass is 16.5. The van der Waals surface area contributed by atoms with Gasteiger partial charge in [0.2, 0.25) is 0 Å². The fourth-order valence-corrected chi connectivity index (χ4v) is 0.735. The Morgan fingerprint density at radius 2 is 2.55 bits per heavy atom. The molecule has 0 amide bonds. The van der Waals surface area contributed by atoms with Crippen LogP contribution >= 0.6 is 0 Å². The summed E-state index contributed by atoms with van der Waals surface area (Å²) < 4.78 is 10.1. The molecular formula is C7H12N2O2. The molecule has 1 aromatic heterocycles. The first-order valence-electron chi connectivity index (χ1n) is 3.51. The molecule has 4 nitrogen and oxygen atoms in total. The maximum absolute atomic E-state index is 5.23. The number of hydrogen-bond donors (Lipinski definition) is 1. The minimum absolute atomic E-state index is 0.481. The van der Waals surface area contributed by atoms with Crippen LogP contribution in [0.2, 0.25) is 0 Å². The van der Waals surface area contributed by atoms with Crippen LogP contribution in [0.25, 0.3) is 0 Å². The molecular weight excluding hydrogens is 144 g/mol. The second-order valence-electron chi connectivity index (χ2n) is 2.20. The summed E-state index contributed by atoms with van der Waals surface area (Å²) >= 11 is 0. The third-order valence-electron chi connectivity index (χ3n) is 1.18. The van der Waals surface area contributed by atoms with Crippen molar-refractivity contribution >= 4 is 0 Å². The van der Waals surface area contributed by atoms with Gasteiger partial charge in [-0.1, -0.05) is 0 Å². The monoisotopic (exact) mass is 156 g/mol. The number of nitrogens with two attached hydrogens (primary N) is 1. The number of aromatic nitrogens is 1. The van der Waals surface area contributed by atoms with Crippen molar-refractivity contribution in [3.63, 3.8) is 0 Å². The SMILES string of the molecule is Cc1nc(COCCN)co1. The van der Waals surface area contributed by atoms with E-state index < -0.39 is 0 Å². The molecule has 0 atom stereocenters. The molecule has 1 aromatic rings. The fourth-order valence-electron chi connectivity index (χ4n) is 0.735. The molecule has 0 aromatic carbocycles. The van der Waals surface area contributed by atoms with Gasteiger partial charge >= 0.3 is 0 Å². The van der Waals surface area contributed by atoms with Crippen molar-refractivity contribution in [2.75, 3.05) is 13.2 Å². The summed E-state index contributed by atoms with van der Waals surface area (Å²) in [6, 6.07) is 0. The molecule has 0 bridgehead atoms. The molecule has 0 spiro atoms. The van der Waals surface area contributed by atoms with Gasteiger partial charge in [0.05, 0.1) is 13.2 Å². The highest BCUT2D eigenvalue weighted by Gasteiger charge is 1.97. The van der Waals surface area contributed by atoms with Gasteiger partial charge in [-0.25, -0.2) is 4.98 Å². The minimum Gasteiger partial charge on any atom is -0.449 e. The Bertz CT molecular complexity index is 210. The van der Waals surface area contributed by atoms with Gasteiger partial charge in [-0.05, 0) is 0 Å². The van der Waals surface area contributed by atoms with E-state index in [1.54, 1.807) is 13.2 Å². The van der Waals surface area contributed by atoms with Crippen molar-refractivity contribution in [1.29, 1.82) is 0 Å². The Morgan fingerprint density at radius 3 is 3.09 bits per heavy atom.